The summed E-state index contributed by atoms with van der Waals surface area (Å²) in [6, 6.07) is 26.0. The van der Waals surface area contributed by atoms with Crippen LogP contribution in [0.1, 0.15) is 46.7 Å². The quantitative estimate of drug-likeness (QED) is 0.217. The smallest absolute Gasteiger partial charge is 0.549 e. The molecule has 5 rings (SSSR count). The summed E-state index contributed by atoms with van der Waals surface area (Å²) in [5, 5.41) is 12.4. The van der Waals surface area contributed by atoms with Crippen LogP contribution in [0.15, 0.2) is 84.9 Å². The minimum absolute atomic E-state index is 0. The first-order valence-electron chi connectivity index (χ1n) is 12.7. The summed E-state index contributed by atoms with van der Waals surface area (Å²) in [7, 11) is 0. The van der Waals surface area contributed by atoms with Crippen LogP contribution in [-0.2, 0) is 11.2 Å². The van der Waals surface area contributed by atoms with Gasteiger partial charge in [0.2, 0.25) is 0 Å². The van der Waals surface area contributed by atoms with Gasteiger partial charge in [0.25, 0.3) is 0 Å². The third-order valence-corrected chi connectivity index (χ3v) is 7.33. The Hall–Kier alpha value is -2.80. The Kier molecular flexibility index (Phi) is 10.3. The predicted molar refractivity (Wildman–Crippen MR) is 150 cm³/mol. The van der Waals surface area contributed by atoms with Gasteiger partial charge in [0, 0.05) is 40.5 Å². The van der Waals surface area contributed by atoms with Gasteiger partial charge >= 0.3 is 29.6 Å². The van der Waals surface area contributed by atoms with Crippen LogP contribution in [0.5, 0.6) is 17.2 Å². The number of Topliss-reactive ketones (excluding diaryl/α,β-unsaturated/α-hetero) is 1. The number of hydrogen-bond donors (Lipinski definition) is 0. The van der Waals surface area contributed by atoms with E-state index in [0.29, 0.717) is 52.7 Å². The number of ketones is 1. The van der Waals surface area contributed by atoms with E-state index in [-0.39, 0.29) is 47.0 Å². The molecule has 0 aliphatic carbocycles. The van der Waals surface area contributed by atoms with E-state index in [1.807, 2.05) is 36.4 Å². The van der Waals surface area contributed by atoms with Crippen LogP contribution in [0.4, 0.5) is 0 Å². The second kappa shape index (κ2) is 13.7. The number of carboxylic acids is 1. The second-order valence-corrected chi connectivity index (χ2v) is 10.2. The molecule has 1 aliphatic rings. The van der Waals surface area contributed by atoms with Gasteiger partial charge in [-0.3, -0.25) is 4.79 Å². The first-order valence-corrected chi connectivity index (χ1v) is 13.5. The third-order valence-electron chi connectivity index (χ3n) is 6.80. The summed E-state index contributed by atoms with van der Waals surface area (Å²) < 4.78 is 11.5. The number of rotatable bonds is 9. The zero-order valence-electron chi connectivity index (χ0n) is 22.0. The van der Waals surface area contributed by atoms with E-state index < -0.39 is 11.9 Å². The summed E-state index contributed by atoms with van der Waals surface area (Å²) in [5.74, 6) is -0.623. The summed E-state index contributed by atoms with van der Waals surface area (Å²) in [5.41, 5.74) is 4.43. The maximum absolute atomic E-state index is 12.9. The average molecular weight is 583 g/mol. The third kappa shape index (κ3) is 7.09. The van der Waals surface area contributed by atoms with Gasteiger partial charge in [-0.2, -0.15) is 0 Å². The minimum Gasteiger partial charge on any atom is -0.549 e. The first kappa shape index (κ1) is 30.2. The van der Waals surface area contributed by atoms with Gasteiger partial charge in [0.15, 0.2) is 5.78 Å². The molecule has 0 N–H and O–H groups in total. The number of hydrogen-bond acceptors (Lipinski definition) is 5. The van der Waals surface area contributed by atoms with Crippen LogP contribution >= 0.6 is 23.2 Å². The molecule has 0 saturated heterocycles. The maximum Gasteiger partial charge on any atom is 1.00 e. The van der Waals surface area contributed by atoms with Gasteiger partial charge < -0.3 is 19.4 Å². The number of carbonyl (C=O) groups excluding carboxylic acids is 2. The van der Waals surface area contributed by atoms with E-state index in [1.165, 1.54) is 5.56 Å². The van der Waals surface area contributed by atoms with Crippen LogP contribution < -0.4 is 44.1 Å². The van der Waals surface area contributed by atoms with Crippen LogP contribution in [0.2, 0.25) is 10.0 Å². The molecular weight excluding hydrogens is 558 g/mol. The fourth-order valence-corrected chi connectivity index (χ4v) is 5.21. The molecule has 40 heavy (non-hydrogen) atoms. The molecule has 0 spiro atoms. The first-order chi connectivity index (χ1) is 18.9. The van der Waals surface area contributed by atoms with Crippen LogP contribution in [0, 0.1) is 0 Å². The standard InChI is InChI=1S/C32H26Cl2O5.Na/c33-23-8-3-7-22(17-23)25-9-2-1-5-20(25)6-4-10-29(35)21-11-13-24(14-12-21)39-31-19-30-27(18-28(31)34)26(32(36)37)15-16-38-30;/h1-3,5,7-9,11-14,17-19,26H,4,6,10,15-16H2,(H,36,37);/q;+1/p-1. The second-order valence-electron chi connectivity index (χ2n) is 9.40. The molecule has 1 heterocycles. The van der Waals surface area contributed by atoms with Crippen molar-refractivity contribution in [3.63, 3.8) is 0 Å². The molecule has 4 aromatic carbocycles. The van der Waals surface area contributed by atoms with Crippen molar-refractivity contribution in [1.29, 1.82) is 0 Å². The molecule has 0 amide bonds. The Balaban J connectivity index is 0.00000370. The molecule has 1 aliphatic heterocycles. The Morgan fingerprint density at radius 1 is 0.950 bits per heavy atom. The Morgan fingerprint density at radius 2 is 1.73 bits per heavy atom. The van der Waals surface area contributed by atoms with E-state index in [1.54, 1.807) is 36.4 Å². The van der Waals surface area contributed by atoms with Crippen molar-refractivity contribution < 1.29 is 53.7 Å². The molecule has 1 atom stereocenters. The number of ether oxygens (including phenoxy) is 2. The summed E-state index contributed by atoms with van der Waals surface area (Å²) in [4.78, 5) is 24.3. The van der Waals surface area contributed by atoms with E-state index in [0.717, 1.165) is 17.5 Å². The van der Waals surface area contributed by atoms with Crippen molar-refractivity contribution in [2.75, 3.05) is 6.61 Å². The van der Waals surface area contributed by atoms with Crippen molar-refractivity contribution in [3.8, 4) is 28.4 Å². The number of halogens is 2. The van der Waals surface area contributed by atoms with Crippen molar-refractivity contribution >= 4 is 35.0 Å². The molecular formula is C32H25Cl2NaO5. The average Bonchev–Trinajstić information content (AvgIpc) is 2.93. The Morgan fingerprint density at radius 3 is 2.48 bits per heavy atom. The minimum atomic E-state index is -1.16. The number of aliphatic carboxylic acids is 1. The molecule has 0 fully saturated rings. The van der Waals surface area contributed by atoms with E-state index in [2.05, 4.69) is 12.1 Å². The summed E-state index contributed by atoms with van der Waals surface area (Å²) in [6.07, 6.45) is 2.23. The number of benzene rings is 4. The van der Waals surface area contributed by atoms with Gasteiger partial charge in [-0.15, -0.1) is 0 Å². The zero-order valence-corrected chi connectivity index (χ0v) is 25.5. The van der Waals surface area contributed by atoms with Gasteiger partial charge in [0.1, 0.15) is 17.2 Å². The maximum atomic E-state index is 12.9. The van der Waals surface area contributed by atoms with Crippen LogP contribution in [-0.4, -0.2) is 18.4 Å². The molecule has 0 bridgehead atoms. The molecule has 5 nitrogen and oxygen atoms in total. The normalized spacial score (nSPS) is 13.9. The Labute approximate surface area is 265 Å². The molecule has 0 aromatic heterocycles. The van der Waals surface area contributed by atoms with E-state index in [9.17, 15) is 14.7 Å². The van der Waals surface area contributed by atoms with Crippen LogP contribution in [0.25, 0.3) is 11.1 Å². The molecule has 198 valence electrons. The number of carboxylic acid groups (broad SMARTS) is 1. The zero-order chi connectivity index (χ0) is 27.4. The number of carbonyl (C=O) groups is 2. The van der Waals surface area contributed by atoms with Crippen molar-refractivity contribution in [1.82, 2.24) is 0 Å². The van der Waals surface area contributed by atoms with E-state index >= 15 is 0 Å². The van der Waals surface area contributed by atoms with E-state index in [4.69, 9.17) is 32.7 Å². The summed E-state index contributed by atoms with van der Waals surface area (Å²) >= 11 is 12.6. The number of fused-ring (bicyclic) bond motifs is 1. The topological polar surface area (TPSA) is 75.7 Å². The van der Waals surface area contributed by atoms with Crippen LogP contribution in [0.3, 0.4) is 0 Å². The monoisotopic (exact) mass is 582 g/mol. The van der Waals surface area contributed by atoms with Gasteiger partial charge in [-0.25, -0.2) is 0 Å². The fraction of sp³-hybridized carbons (Fsp3) is 0.188. The molecule has 0 saturated carbocycles. The van der Waals surface area contributed by atoms with Gasteiger partial charge in [-0.05, 0) is 78.4 Å². The SMILES string of the molecule is O=C(CCCc1ccccc1-c1cccc(Cl)c1)c1ccc(Oc2cc3c(cc2Cl)C(C(=O)[O-])CCO3)cc1.[Na+]. The molecule has 1 unspecified atom stereocenters. The van der Waals surface area contributed by atoms with Gasteiger partial charge in [-0.1, -0.05) is 59.6 Å². The van der Waals surface area contributed by atoms with Crippen molar-refractivity contribution in [2.45, 2.75) is 31.6 Å². The molecule has 8 heteroatoms. The van der Waals surface area contributed by atoms with Crippen molar-refractivity contribution in [2.24, 2.45) is 0 Å². The molecule has 0 radical (unpaired) electrons. The van der Waals surface area contributed by atoms with Gasteiger partial charge in [0.05, 0.1) is 11.6 Å². The largest absolute Gasteiger partial charge is 1.00 e. The summed E-state index contributed by atoms with van der Waals surface area (Å²) in [6.45, 7) is 0.274. The Bertz CT molecular complexity index is 1520. The predicted octanol–water partition coefficient (Wildman–Crippen LogP) is 4.28. The molecule has 4 aromatic rings. The number of aryl methyl sites for hydroxylation is 1. The fourth-order valence-electron chi connectivity index (χ4n) is 4.81. The van der Waals surface area contributed by atoms with Crippen molar-refractivity contribution in [3.05, 3.63) is 112 Å².